The van der Waals surface area contributed by atoms with Gasteiger partial charge in [0.1, 0.15) is 5.82 Å². The van der Waals surface area contributed by atoms with Gasteiger partial charge in [-0.25, -0.2) is 4.98 Å². The maximum Gasteiger partial charge on any atom is 0.250 e. The Labute approximate surface area is 145 Å². The number of hydrogen-bond donors (Lipinski definition) is 2. The van der Waals surface area contributed by atoms with Gasteiger partial charge in [0.25, 0.3) is 5.91 Å². The summed E-state index contributed by atoms with van der Waals surface area (Å²) >= 11 is 0. The number of fused-ring (bicyclic) bond motifs is 1. The number of carbonyl (C=O) groups is 1. The molecule has 1 amide bonds. The number of hydrogen-bond acceptors (Lipinski definition) is 5. The van der Waals surface area contributed by atoms with Crippen LogP contribution in [0.2, 0.25) is 0 Å². The lowest BCUT2D eigenvalue weighted by Crippen LogP contribution is -2.28. The number of para-hydroxylation sites is 3. The summed E-state index contributed by atoms with van der Waals surface area (Å²) in [7, 11) is 0. The number of nitrogens with zero attached hydrogens (tertiary/aromatic N) is 3. The quantitative estimate of drug-likeness (QED) is 0.766. The molecule has 126 valence electrons. The van der Waals surface area contributed by atoms with Crippen molar-refractivity contribution in [3.05, 3.63) is 60.3 Å². The molecule has 2 aromatic carbocycles. The van der Waals surface area contributed by atoms with Crippen LogP contribution < -0.4 is 16.0 Å². The van der Waals surface area contributed by atoms with E-state index in [1.807, 2.05) is 42.5 Å². The molecule has 1 atom stereocenters. The van der Waals surface area contributed by atoms with Crippen LogP contribution in [0.4, 0.5) is 11.5 Å². The van der Waals surface area contributed by atoms with E-state index in [-0.39, 0.29) is 6.04 Å². The van der Waals surface area contributed by atoms with Crippen molar-refractivity contribution in [1.29, 1.82) is 0 Å². The molecule has 0 radical (unpaired) electrons. The van der Waals surface area contributed by atoms with E-state index in [1.165, 1.54) is 0 Å². The first kappa shape index (κ1) is 15.4. The molecule has 6 heteroatoms. The SMILES string of the molecule is NC(=O)c1ccccc1N1CCC(Nc2cnc3ccccc3n2)C1. The van der Waals surface area contributed by atoms with Crippen molar-refractivity contribution in [3.63, 3.8) is 0 Å². The Balaban J connectivity index is 1.50. The molecule has 1 unspecified atom stereocenters. The number of rotatable bonds is 4. The van der Waals surface area contributed by atoms with E-state index in [0.29, 0.717) is 5.56 Å². The van der Waals surface area contributed by atoms with Crippen molar-refractivity contribution >= 4 is 28.4 Å². The summed E-state index contributed by atoms with van der Waals surface area (Å²) in [6.45, 7) is 1.65. The minimum absolute atomic E-state index is 0.247. The zero-order chi connectivity index (χ0) is 17.2. The lowest BCUT2D eigenvalue weighted by atomic mass is 10.1. The molecule has 1 aliphatic heterocycles. The largest absolute Gasteiger partial charge is 0.369 e. The summed E-state index contributed by atoms with van der Waals surface area (Å²) < 4.78 is 0. The second kappa shape index (κ2) is 6.39. The summed E-state index contributed by atoms with van der Waals surface area (Å²) in [5.41, 5.74) is 8.71. The van der Waals surface area contributed by atoms with Gasteiger partial charge in [0.2, 0.25) is 0 Å². The van der Waals surface area contributed by atoms with Crippen molar-refractivity contribution in [2.45, 2.75) is 12.5 Å². The summed E-state index contributed by atoms with van der Waals surface area (Å²) in [4.78, 5) is 22.9. The van der Waals surface area contributed by atoms with E-state index in [1.54, 1.807) is 12.3 Å². The van der Waals surface area contributed by atoms with E-state index >= 15 is 0 Å². The van der Waals surface area contributed by atoms with Crippen LogP contribution in [-0.2, 0) is 0 Å². The molecule has 1 aromatic heterocycles. The summed E-state index contributed by atoms with van der Waals surface area (Å²) in [6.07, 6.45) is 2.73. The number of benzene rings is 2. The highest BCUT2D eigenvalue weighted by Gasteiger charge is 2.25. The maximum absolute atomic E-state index is 11.6. The number of amides is 1. The van der Waals surface area contributed by atoms with E-state index in [4.69, 9.17) is 5.73 Å². The van der Waals surface area contributed by atoms with Gasteiger partial charge in [-0.1, -0.05) is 24.3 Å². The zero-order valence-electron chi connectivity index (χ0n) is 13.7. The molecule has 0 aliphatic carbocycles. The van der Waals surface area contributed by atoms with Crippen LogP contribution in [0.3, 0.4) is 0 Å². The Kier molecular flexibility index (Phi) is 3.93. The highest BCUT2D eigenvalue weighted by Crippen LogP contribution is 2.25. The van der Waals surface area contributed by atoms with E-state index in [9.17, 15) is 4.79 Å². The van der Waals surface area contributed by atoms with Crippen molar-refractivity contribution < 1.29 is 4.79 Å². The summed E-state index contributed by atoms with van der Waals surface area (Å²) in [6, 6.07) is 15.5. The van der Waals surface area contributed by atoms with Gasteiger partial charge in [0, 0.05) is 24.8 Å². The lowest BCUT2D eigenvalue weighted by Gasteiger charge is -2.21. The molecule has 3 aromatic rings. The first-order chi connectivity index (χ1) is 12.2. The summed E-state index contributed by atoms with van der Waals surface area (Å²) in [5, 5.41) is 3.45. The average Bonchev–Trinajstić information content (AvgIpc) is 3.10. The molecule has 1 fully saturated rings. The van der Waals surface area contributed by atoms with Gasteiger partial charge in [-0.2, -0.15) is 0 Å². The minimum Gasteiger partial charge on any atom is -0.369 e. The Morgan fingerprint density at radius 3 is 2.72 bits per heavy atom. The second-order valence-electron chi connectivity index (χ2n) is 6.20. The molecule has 6 nitrogen and oxygen atoms in total. The fraction of sp³-hybridized carbons (Fsp3) is 0.211. The van der Waals surface area contributed by atoms with Crippen molar-refractivity contribution in [1.82, 2.24) is 9.97 Å². The van der Waals surface area contributed by atoms with Gasteiger partial charge in [-0.3, -0.25) is 9.78 Å². The van der Waals surface area contributed by atoms with Gasteiger partial charge >= 0.3 is 0 Å². The Morgan fingerprint density at radius 2 is 1.88 bits per heavy atom. The smallest absolute Gasteiger partial charge is 0.250 e. The standard InChI is InChI=1S/C19H19N5O/c20-19(25)14-5-1-4-8-17(14)24-10-9-13(12-24)22-18-11-21-15-6-2-3-7-16(15)23-18/h1-8,11,13H,9-10,12H2,(H2,20,25)(H,22,23). The first-order valence-electron chi connectivity index (χ1n) is 8.33. The van der Waals surface area contributed by atoms with E-state index in [2.05, 4.69) is 20.2 Å². The van der Waals surface area contributed by atoms with Gasteiger partial charge in [0.05, 0.1) is 22.8 Å². The molecule has 4 rings (SSSR count). The highest BCUT2D eigenvalue weighted by molar-refractivity contribution is 5.98. The maximum atomic E-state index is 11.6. The Morgan fingerprint density at radius 1 is 1.12 bits per heavy atom. The van der Waals surface area contributed by atoms with Crippen molar-refractivity contribution in [3.8, 4) is 0 Å². The van der Waals surface area contributed by atoms with Crippen LogP contribution >= 0.6 is 0 Å². The number of primary amides is 1. The monoisotopic (exact) mass is 333 g/mol. The van der Waals surface area contributed by atoms with Crippen LogP contribution in [-0.4, -0.2) is 35.0 Å². The normalized spacial score (nSPS) is 17.0. The van der Waals surface area contributed by atoms with Crippen molar-refractivity contribution in [2.75, 3.05) is 23.3 Å². The van der Waals surface area contributed by atoms with Crippen LogP contribution in [0.25, 0.3) is 11.0 Å². The molecule has 0 bridgehead atoms. The van der Waals surface area contributed by atoms with Crippen LogP contribution in [0.15, 0.2) is 54.7 Å². The topological polar surface area (TPSA) is 84.1 Å². The first-order valence-corrected chi connectivity index (χ1v) is 8.33. The number of carbonyl (C=O) groups excluding carboxylic acids is 1. The molecule has 3 N–H and O–H groups in total. The van der Waals surface area contributed by atoms with Crippen molar-refractivity contribution in [2.24, 2.45) is 5.73 Å². The molecule has 1 aliphatic rings. The zero-order valence-corrected chi connectivity index (χ0v) is 13.7. The summed E-state index contributed by atoms with van der Waals surface area (Å²) in [5.74, 6) is 0.376. The van der Waals surface area contributed by atoms with Gasteiger partial charge < -0.3 is 16.0 Å². The molecular weight excluding hydrogens is 314 g/mol. The molecular formula is C19H19N5O. The highest BCUT2D eigenvalue weighted by atomic mass is 16.1. The van der Waals surface area contributed by atoms with Gasteiger partial charge in [0.15, 0.2) is 0 Å². The molecule has 0 spiro atoms. The van der Waals surface area contributed by atoms with Gasteiger partial charge in [-0.05, 0) is 30.7 Å². The van der Waals surface area contributed by atoms with Gasteiger partial charge in [-0.15, -0.1) is 0 Å². The fourth-order valence-corrected chi connectivity index (χ4v) is 3.29. The van der Waals surface area contributed by atoms with E-state index in [0.717, 1.165) is 42.0 Å². The third-order valence-corrected chi connectivity index (χ3v) is 4.50. The fourth-order valence-electron chi connectivity index (χ4n) is 3.29. The second-order valence-corrected chi connectivity index (χ2v) is 6.20. The number of anilines is 2. The molecule has 0 saturated carbocycles. The molecule has 1 saturated heterocycles. The van der Waals surface area contributed by atoms with E-state index < -0.39 is 5.91 Å². The van der Waals surface area contributed by atoms with Crippen LogP contribution in [0, 0.1) is 0 Å². The third-order valence-electron chi connectivity index (χ3n) is 4.50. The average molecular weight is 333 g/mol. The Hall–Kier alpha value is -3.15. The molecule has 2 heterocycles. The van der Waals surface area contributed by atoms with Crippen LogP contribution in [0.1, 0.15) is 16.8 Å². The molecule has 25 heavy (non-hydrogen) atoms. The predicted molar refractivity (Wildman–Crippen MR) is 98.7 cm³/mol. The third kappa shape index (κ3) is 3.10. The predicted octanol–water partition coefficient (Wildman–Crippen LogP) is 2.42. The number of nitrogens with two attached hydrogens (primary N) is 1. The Bertz CT molecular complexity index is 926. The number of nitrogens with one attached hydrogen (secondary N) is 1. The van der Waals surface area contributed by atoms with Crippen LogP contribution in [0.5, 0.6) is 0 Å². The number of aromatic nitrogens is 2. The minimum atomic E-state index is -0.396. The lowest BCUT2D eigenvalue weighted by molar-refractivity contribution is 0.100.